The van der Waals surface area contributed by atoms with Crippen LogP contribution in [0.1, 0.15) is 40.0 Å². The molecule has 0 aromatic carbocycles. The fraction of sp³-hybridized carbons (Fsp3) is 0.933. The zero-order valence-corrected chi connectivity index (χ0v) is 12.6. The van der Waals surface area contributed by atoms with Gasteiger partial charge in [0.05, 0.1) is 0 Å². The Morgan fingerprint density at radius 2 is 2.00 bits per heavy atom. The first-order valence-electron chi connectivity index (χ1n) is 7.57. The number of likely N-dealkylation sites (tertiary alicyclic amines) is 1. The number of carboxylic acids is 1. The second-order valence-corrected chi connectivity index (χ2v) is 6.79. The van der Waals surface area contributed by atoms with Gasteiger partial charge >= 0.3 is 5.97 Å². The Hall–Kier alpha value is -0.610. The first-order chi connectivity index (χ1) is 8.90. The van der Waals surface area contributed by atoms with Crippen molar-refractivity contribution in [3.63, 3.8) is 0 Å². The summed E-state index contributed by atoms with van der Waals surface area (Å²) in [6.07, 6.45) is 3.33. The number of hydrogen-bond donors (Lipinski definition) is 2. The molecule has 1 aliphatic heterocycles. The van der Waals surface area contributed by atoms with E-state index < -0.39 is 11.5 Å². The lowest BCUT2D eigenvalue weighted by atomic mass is 9.83. The van der Waals surface area contributed by atoms with E-state index in [4.69, 9.17) is 0 Å². The van der Waals surface area contributed by atoms with Crippen molar-refractivity contribution in [3.8, 4) is 0 Å². The number of rotatable bonds is 5. The number of aliphatic carboxylic acids is 1. The molecule has 4 atom stereocenters. The Bertz CT molecular complexity index is 343. The van der Waals surface area contributed by atoms with Crippen LogP contribution in [0.2, 0.25) is 0 Å². The molecule has 0 bridgehead atoms. The first kappa shape index (κ1) is 14.8. The van der Waals surface area contributed by atoms with E-state index in [0.717, 1.165) is 19.4 Å². The molecule has 0 aromatic rings. The maximum Gasteiger partial charge on any atom is 0.325 e. The Balaban J connectivity index is 2.14. The molecule has 0 amide bonds. The molecule has 1 saturated carbocycles. The van der Waals surface area contributed by atoms with Gasteiger partial charge in [-0.05, 0) is 51.0 Å². The highest BCUT2D eigenvalue weighted by atomic mass is 16.4. The molecule has 1 saturated heterocycles. The van der Waals surface area contributed by atoms with Gasteiger partial charge in [-0.25, -0.2) is 0 Å². The highest BCUT2D eigenvalue weighted by Crippen LogP contribution is 2.41. The van der Waals surface area contributed by atoms with E-state index in [1.165, 1.54) is 6.42 Å². The van der Waals surface area contributed by atoms with Gasteiger partial charge < -0.3 is 10.4 Å². The van der Waals surface area contributed by atoms with Crippen LogP contribution in [0.25, 0.3) is 0 Å². The Morgan fingerprint density at radius 1 is 1.37 bits per heavy atom. The minimum atomic E-state index is -0.745. The number of carboxylic acid groups (broad SMARTS) is 1. The summed E-state index contributed by atoms with van der Waals surface area (Å²) >= 11 is 0. The predicted octanol–water partition coefficient (Wildman–Crippen LogP) is 1.81. The molecule has 0 radical (unpaired) electrons. The summed E-state index contributed by atoms with van der Waals surface area (Å²) in [5, 5.41) is 12.8. The molecule has 4 heteroatoms. The van der Waals surface area contributed by atoms with Crippen molar-refractivity contribution in [1.29, 1.82) is 0 Å². The highest BCUT2D eigenvalue weighted by molar-refractivity contribution is 5.80. The van der Waals surface area contributed by atoms with Crippen molar-refractivity contribution < 1.29 is 9.90 Å². The summed E-state index contributed by atoms with van der Waals surface area (Å²) in [6, 6.07) is 0.474. The van der Waals surface area contributed by atoms with Crippen LogP contribution in [0.4, 0.5) is 0 Å². The minimum Gasteiger partial charge on any atom is -0.480 e. The predicted molar refractivity (Wildman–Crippen MR) is 76.1 cm³/mol. The summed E-state index contributed by atoms with van der Waals surface area (Å²) < 4.78 is 0. The molecule has 2 rings (SSSR count). The summed E-state index contributed by atoms with van der Waals surface area (Å²) in [5.41, 5.74) is -0.745. The summed E-state index contributed by atoms with van der Waals surface area (Å²) in [5.74, 6) is 0.922. The normalized spacial score (nSPS) is 35.9. The van der Waals surface area contributed by atoms with Crippen LogP contribution in [0.3, 0.4) is 0 Å². The number of likely N-dealkylation sites (N-methyl/N-ethyl adjacent to an activating group) is 1. The molecule has 0 spiro atoms. The number of hydrogen-bond acceptors (Lipinski definition) is 3. The van der Waals surface area contributed by atoms with Gasteiger partial charge in [0.25, 0.3) is 0 Å². The third-order valence-electron chi connectivity index (χ3n) is 5.27. The van der Waals surface area contributed by atoms with Crippen molar-refractivity contribution in [3.05, 3.63) is 0 Å². The van der Waals surface area contributed by atoms with Crippen molar-refractivity contribution in [2.45, 2.75) is 51.6 Å². The average Bonchev–Trinajstić information content (AvgIpc) is 3.16. The Labute approximate surface area is 116 Å². The Morgan fingerprint density at radius 3 is 2.47 bits per heavy atom. The van der Waals surface area contributed by atoms with Crippen molar-refractivity contribution in [2.75, 3.05) is 20.1 Å². The molecule has 1 aliphatic carbocycles. The number of carbonyl (C=O) groups is 1. The molecule has 2 N–H and O–H groups in total. The van der Waals surface area contributed by atoms with E-state index >= 15 is 0 Å². The van der Waals surface area contributed by atoms with E-state index in [1.54, 1.807) is 7.05 Å². The van der Waals surface area contributed by atoms with Crippen LogP contribution in [0.5, 0.6) is 0 Å². The van der Waals surface area contributed by atoms with Gasteiger partial charge in [-0.15, -0.1) is 0 Å². The van der Waals surface area contributed by atoms with E-state index in [9.17, 15) is 9.90 Å². The van der Waals surface area contributed by atoms with Gasteiger partial charge in [0.15, 0.2) is 0 Å². The minimum absolute atomic E-state index is 0.301. The molecular formula is C15H28N2O2. The quantitative estimate of drug-likeness (QED) is 0.798. The van der Waals surface area contributed by atoms with Gasteiger partial charge in [-0.3, -0.25) is 9.69 Å². The smallest absolute Gasteiger partial charge is 0.325 e. The summed E-state index contributed by atoms with van der Waals surface area (Å²) in [4.78, 5) is 14.2. The highest BCUT2D eigenvalue weighted by Gasteiger charge is 2.52. The summed E-state index contributed by atoms with van der Waals surface area (Å²) in [6.45, 7) is 8.46. The van der Waals surface area contributed by atoms with Crippen LogP contribution in [-0.4, -0.2) is 47.7 Å². The second kappa shape index (κ2) is 5.41. The lowest BCUT2D eigenvalue weighted by Gasteiger charge is -2.45. The second-order valence-electron chi connectivity index (χ2n) is 6.79. The van der Waals surface area contributed by atoms with Crippen LogP contribution in [-0.2, 0) is 4.79 Å². The largest absolute Gasteiger partial charge is 0.480 e. The number of piperidine rings is 1. The van der Waals surface area contributed by atoms with E-state index in [1.807, 2.05) is 0 Å². The molecule has 2 fully saturated rings. The van der Waals surface area contributed by atoms with Gasteiger partial charge in [-0.2, -0.15) is 0 Å². The standard InChI is InChI=1S/C15H28N2O2/c1-10-7-11(2)12(3)17(8-10)9-15(16-4,14(18)19)13-5-6-13/h10-13,16H,5-9H2,1-4H3,(H,18,19). The first-order valence-corrected chi connectivity index (χ1v) is 7.57. The molecule has 110 valence electrons. The topological polar surface area (TPSA) is 52.6 Å². The van der Waals surface area contributed by atoms with Crippen LogP contribution in [0.15, 0.2) is 0 Å². The fourth-order valence-electron chi connectivity index (χ4n) is 3.70. The van der Waals surface area contributed by atoms with Crippen molar-refractivity contribution in [1.82, 2.24) is 10.2 Å². The van der Waals surface area contributed by atoms with E-state index in [0.29, 0.717) is 30.3 Å². The number of nitrogens with zero attached hydrogens (tertiary/aromatic N) is 1. The molecule has 1 heterocycles. The van der Waals surface area contributed by atoms with Gasteiger partial charge in [0.2, 0.25) is 0 Å². The van der Waals surface area contributed by atoms with Crippen molar-refractivity contribution in [2.24, 2.45) is 17.8 Å². The SMILES string of the molecule is CNC(CN1CC(C)CC(C)C1C)(C(=O)O)C1CC1. The van der Waals surface area contributed by atoms with Crippen LogP contribution in [0, 0.1) is 17.8 Å². The third-order valence-corrected chi connectivity index (χ3v) is 5.27. The maximum atomic E-state index is 11.8. The van der Waals surface area contributed by atoms with E-state index in [2.05, 4.69) is 31.0 Å². The molecule has 4 unspecified atom stereocenters. The third kappa shape index (κ3) is 2.79. The van der Waals surface area contributed by atoms with Crippen LogP contribution < -0.4 is 5.32 Å². The Kier molecular flexibility index (Phi) is 4.21. The van der Waals surface area contributed by atoms with Gasteiger partial charge in [0.1, 0.15) is 5.54 Å². The van der Waals surface area contributed by atoms with Gasteiger partial charge in [-0.1, -0.05) is 13.8 Å². The molecule has 19 heavy (non-hydrogen) atoms. The summed E-state index contributed by atoms with van der Waals surface area (Å²) in [7, 11) is 1.80. The zero-order valence-electron chi connectivity index (χ0n) is 12.6. The van der Waals surface area contributed by atoms with Crippen molar-refractivity contribution >= 4 is 5.97 Å². The number of nitrogens with one attached hydrogen (secondary N) is 1. The molecular weight excluding hydrogens is 240 g/mol. The van der Waals surface area contributed by atoms with Gasteiger partial charge in [0, 0.05) is 19.1 Å². The molecule has 2 aliphatic rings. The van der Waals surface area contributed by atoms with Crippen LogP contribution >= 0.6 is 0 Å². The molecule has 4 nitrogen and oxygen atoms in total. The zero-order chi connectivity index (χ0) is 14.2. The monoisotopic (exact) mass is 268 g/mol. The van der Waals surface area contributed by atoms with E-state index in [-0.39, 0.29) is 0 Å². The average molecular weight is 268 g/mol. The molecule has 0 aromatic heterocycles. The maximum absolute atomic E-state index is 11.8. The fourth-order valence-corrected chi connectivity index (χ4v) is 3.70. The lowest BCUT2D eigenvalue weighted by molar-refractivity contribution is -0.147. The lowest BCUT2D eigenvalue weighted by Crippen LogP contribution is -2.62.